The van der Waals surface area contributed by atoms with Gasteiger partial charge in [-0.25, -0.2) is 9.67 Å². The molecule has 10 nitrogen and oxygen atoms in total. The van der Waals surface area contributed by atoms with Crippen LogP contribution in [-0.4, -0.2) is 37.0 Å². The molecular weight excluding hydrogens is 398 g/mol. The SMILES string of the molecule is Cc1cc(C(=O)Nc2ccc(Oc3cccc(C(N)=O)c3)nc2)ccc1-n1cnnn1. The number of nitrogens with two attached hydrogens (primary N) is 1. The first-order valence-electron chi connectivity index (χ1n) is 9.19. The monoisotopic (exact) mass is 415 g/mol. The largest absolute Gasteiger partial charge is 0.439 e. The van der Waals surface area contributed by atoms with Crippen molar-refractivity contribution in [2.75, 3.05) is 5.32 Å². The highest BCUT2D eigenvalue weighted by Crippen LogP contribution is 2.22. The first-order chi connectivity index (χ1) is 15.0. The third-order valence-electron chi connectivity index (χ3n) is 4.39. The summed E-state index contributed by atoms with van der Waals surface area (Å²) in [6, 6.07) is 15.0. The van der Waals surface area contributed by atoms with Crippen LogP contribution in [0.3, 0.4) is 0 Å². The first-order valence-corrected chi connectivity index (χ1v) is 9.19. The standard InChI is InChI=1S/C21H17N7O3/c1-13-9-15(5-7-18(13)28-12-24-26-27-28)21(30)25-16-6-8-19(23-11-16)31-17-4-2-3-14(10-17)20(22)29/h2-12H,1H3,(H2,22,29)(H,25,30). The summed E-state index contributed by atoms with van der Waals surface area (Å²) in [5.74, 6) is -0.0892. The molecule has 0 aliphatic heterocycles. The maximum absolute atomic E-state index is 12.6. The van der Waals surface area contributed by atoms with Crippen LogP contribution in [0.25, 0.3) is 5.69 Å². The van der Waals surface area contributed by atoms with E-state index in [1.54, 1.807) is 48.5 Å². The summed E-state index contributed by atoms with van der Waals surface area (Å²) < 4.78 is 7.15. The van der Waals surface area contributed by atoms with Crippen molar-refractivity contribution < 1.29 is 14.3 Å². The molecule has 31 heavy (non-hydrogen) atoms. The van der Waals surface area contributed by atoms with E-state index in [9.17, 15) is 9.59 Å². The van der Waals surface area contributed by atoms with Crippen molar-refractivity contribution in [3.8, 4) is 17.3 Å². The molecule has 0 bridgehead atoms. The number of ether oxygens (including phenoxy) is 1. The van der Waals surface area contributed by atoms with E-state index in [4.69, 9.17) is 10.5 Å². The second-order valence-electron chi connectivity index (χ2n) is 6.59. The number of aromatic nitrogens is 5. The Morgan fingerprint density at radius 2 is 1.94 bits per heavy atom. The summed E-state index contributed by atoms with van der Waals surface area (Å²) in [7, 11) is 0. The van der Waals surface area contributed by atoms with Crippen LogP contribution < -0.4 is 15.8 Å². The van der Waals surface area contributed by atoms with Crippen molar-refractivity contribution >= 4 is 17.5 Å². The van der Waals surface area contributed by atoms with Crippen molar-refractivity contribution in [2.24, 2.45) is 5.73 Å². The molecule has 0 fully saturated rings. The summed E-state index contributed by atoms with van der Waals surface area (Å²) in [5, 5.41) is 13.9. The summed E-state index contributed by atoms with van der Waals surface area (Å²) in [6.45, 7) is 1.87. The van der Waals surface area contributed by atoms with Crippen molar-refractivity contribution in [2.45, 2.75) is 6.92 Å². The zero-order chi connectivity index (χ0) is 21.8. The van der Waals surface area contributed by atoms with Crippen LogP contribution in [0, 0.1) is 6.92 Å². The van der Waals surface area contributed by atoms with Gasteiger partial charge in [-0.1, -0.05) is 6.07 Å². The van der Waals surface area contributed by atoms with Gasteiger partial charge in [0, 0.05) is 17.2 Å². The Kier molecular flexibility index (Phi) is 5.35. The number of anilines is 1. The molecule has 0 aliphatic rings. The third-order valence-corrected chi connectivity index (χ3v) is 4.39. The minimum Gasteiger partial charge on any atom is -0.439 e. The lowest BCUT2D eigenvalue weighted by Crippen LogP contribution is -2.13. The number of pyridine rings is 1. The molecule has 0 saturated heterocycles. The van der Waals surface area contributed by atoms with Crippen molar-refractivity contribution in [3.05, 3.63) is 83.8 Å². The zero-order valence-corrected chi connectivity index (χ0v) is 16.4. The van der Waals surface area contributed by atoms with Gasteiger partial charge in [0.2, 0.25) is 11.8 Å². The van der Waals surface area contributed by atoms with Gasteiger partial charge in [0.1, 0.15) is 12.1 Å². The third kappa shape index (κ3) is 4.53. The number of primary amides is 1. The molecular formula is C21H17N7O3. The van der Waals surface area contributed by atoms with E-state index in [2.05, 4.69) is 25.8 Å². The van der Waals surface area contributed by atoms with E-state index >= 15 is 0 Å². The van der Waals surface area contributed by atoms with E-state index in [-0.39, 0.29) is 5.91 Å². The molecule has 0 saturated carbocycles. The summed E-state index contributed by atoms with van der Waals surface area (Å²) in [6.07, 6.45) is 2.97. The molecule has 10 heteroatoms. The van der Waals surface area contributed by atoms with Gasteiger partial charge in [0.25, 0.3) is 5.91 Å². The molecule has 2 aromatic heterocycles. The number of hydrogen-bond donors (Lipinski definition) is 2. The Hall–Kier alpha value is -4.60. The molecule has 4 aromatic rings. The van der Waals surface area contributed by atoms with Crippen molar-refractivity contribution in [1.29, 1.82) is 0 Å². The van der Waals surface area contributed by atoms with Crippen LogP contribution in [0.4, 0.5) is 5.69 Å². The quantitative estimate of drug-likeness (QED) is 0.493. The highest BCUT2D eigenvalue weighted by molar-refractivity contribution is 6.04. The average molecular weight is 415 g/mol. The molecule has 4 rings (SSSR count). The lowest BCUT2D eigenvalue weighted by molar-refractivity contribution is 0.0997. The Balaban J connectivity index is 1.43. The average Bonchev–Trinajstić information content (AvgIpc) is 3.30. The van der Waals surface area contributed by atoms with E-state index in [0.29, 0.717) is 28.4 Å². The molecule has 2 aromatic carbocycles. The number of amides is 2. The van der Waals surface area contributed by atoms with Gasteiger partial charge in [-0.3, -0.25) is 9.59 Å². The molecule has 0 radical (unpaired) electrons. The molecule has 154 valence electrons. The summed E-state index contributed by atoms with van der Waals surface area (Å²) >= 11 is 0. The maximum Gasteiger partial charge on any atom is 0.255 e. The number of tetrazole rings is 1. The van der Waals surface area contributed by atoms with Crippen molar-refractivity contribution in [3.63, 3.8) is 0 Å². The van der Waals surface area contributed by atoms with Crippen LogP contribution in [0.5, 0.6) is 11.6 Å². The fourth-order valence-electron chi connectivity index (χ4n) is 2.88. The molecule has 2 heterocycles. The van der Waals surface area contributed by atoms with E-state index in [1.807, 2.05) is 6.92 Å². The van der Waals surface area contributed by atoms with Gasteiger partial charge < -0.3 is 15.8 Å². The fraction of sp³-hybridized carbons (Fsp3) is 0.0476. The van der Waals surface area contributed by atoms with Gasteiger partial charge >= 0.3 is 0 Å². The number of nitrogens with zero attached hydrogens (tertiary/aromatic N) is 5. The molecule has 0 spiro atoms. The topological polar surface area (TPSA) is 138 Å². The predicted molar refractivity (Wildman–Crippen MR) is 111 cm³/mol. The number of aryl methyl sites for hydroxylation is 1. The number of benzene rings is 2. The van der Waals surface area contributed by atoms with E-state index < -0.39 is 5.91 Å². The Labute approximate surface area is 176 Å². The highest BCUT2D eigenvalue weighted by atomic mass is 16.5. The van der Waals surface area contributed by atoms with Gasteiger partial charge in [-0.2, -0.15) is 0 Å². The van der Waals surface area contributed by atoms with Crippen LogP contribution in [0.2, 0.25) is 0 Å². The molecule has 2 amide bonds. The van der Waals surface area contributed by atoms with Crippen LogP contribution in [-0.2, 0) is 0 Å². The molecule has 3 N–H and O–H groups in total. The number of carbonyl (C=O) groups is 2. The maximum atomic E-state index is 12.6. The number of carbonyl (C=O) groups excluding carboxylic acids is 2. The van der Waals surface area contributed by atoms with Gasteiger partial charge in [-0.05, 0) is 65.4 Å². The summed E-state index contributed by atoms with van der Waals surface area (Å²) in [4.78, 5) is 28.0. The Bertz CT molecular complexity index is 1240. The van der Waals surface area contributed by atoms with Crippen LogP contribution >= 0.6 is 0 Å². The predicted octanol–water partition coefficient (Wildman–Crippen LogP) is 2.51. The Morgan fingerprint density at radius 3 is 2.61 bits per heavy atom. The fourth-order valence-corrected chi connectivity index (χ4v) is 2.88. The second kappa shape index (κ2) is 8.41. The number of rotatable bonds is 6. The smallest absolute Gasteiger partial charge is 0.255 e. The van der Waals surface area contributed by atoms with Gasteiger partial charge in [-0.15, -0.1) is 5.10 Å². The number of nitrogens with one attached hydrogen (secondary N) is 1. The lowest BCUT2D eigenvalue weighted by atomic mass is 10.1. The molecule has 0 atom stereocenters. The molecule has 0 unspecified atom stereocenters. The zero-order valence-electron chi connectivity index (χ0n) is 16.4. The normalized spacial score (nSPS) is 10.5. The number of hydrogen-bond acceptors (Lipinski definition) is 7. The van der Waals surface area contributed by atoms with Crippen LogP contribution in [0.1, 0.15) is 26.3 Å². The van der Waals surface area contributed by atoms with Crippen LogP contribution in [0.15, 0.2) is 67.1 Å². The second-order valence-corrected chi connectivity index (χ2v) is 6.59. The summed E-state index contributed by atoms with van der Waals surface area (Å²) in [5.41, 5.74) is 8.23. The highest BCUT2D eigenvalue weighted by Gasteiger charge is 2.11. The lowest BCUT2D eigenvalue weighted by Gasteiger charge is -2.09. The van der Waals surface area contributed by atoms with E-state index in [0.717, 1.165) is 11.3 Å². The minimum atomic E-state index is -0.544. The van der Waals surface area contributed by atoms with Gasteiger partial charge in [0.05, 0.1) is 17.6 Å². The van der Waals surface area contributed by atoms with Crippen molar-refractivity contribution in [1.82, 2.24) is 25.2 Å². The van der Waals surface area contributed by atoms with Gasteiger partial charge in [0.15, 0.2) is 0 Å². The molecule has 0 aliphatic carbocycles. The Morgan fingerprint density at radius 1 is 1.06 bits per heavy atom. The van der Waals surface area contributed by atoms with E-state index in [1.165, 1.54) is 23.3 Å². The minimum absolute atomic E-state index is 0.281. The first kappa shape index (κ1) is 19.7.